The van der Waals surface area contributed by atoms with E-state index in [2.05, 4.69) is 33.3 Å². The van der Waals surface area contributed by atoms with Gasteiger partial charge in [0.15, 0.2) is 5.16 Å². The number of carbonyl (C=O) groups excluding carboxylic acids is 1. The van der Waals surface area contributed by atoms with Crippen molar-refractivity contribution in [1.82, 2.24) is 19.5 Å². The van der Waals surface area contributed by atoms with Gasteiger partial charge in [0.25, 0.3) is 5.91 Å². The topological polar surface area (TPSA) is 64.2 Å². The molecule has 7 heteroatoms. The van der Waals surface area contributed by atoms with Gasteiger partial charge in [0, 0.05) is 13.2 Å². The van der Waals surface area contributed by atoms with Gasteiger partial charge in [-0.05, 0) is 29.8 Å². The van der Waals surface area contributed by atoms with Crippen LogP contribution in [0.15, 0.2) is 83.2 Å². The summed E-state index contributed by atoms with van der Waals surface area (Å²) in [6.07, 6.45) is 3.56. The van der Waals surface area contributed by atoms with E-state index in [-0.39, 0.29) is 11.7 Å². The van der Waals surface area contributed by atoms with E-state index in [0.717, 1.165) is 21.9 Å². The molecule has 0 atom stereocenters. The fourth-order valence-electron chi connectivity index (χ4n) is 3.02. The number of rotatable bonds is 7. The molecule has 0 aliphatic rings. The van der Waals surface area contributed by atoms with Crippen LogP contribution in [-0.4, -0.2) is 32.0 Å². The minimum Gasteiger partial charge on any atom is -0.350 e. The second kappa shape index (κ2) is 8.79. The zero-order valence-electron chi connectivity index (χ0n) is 16.0. The molecular formula is C22H21N5OS. The molecule has 6 nitrogen and oxygen atoms in total. The molecular weight excluding hydrogens is 382 g/mol. The smallest absolute Gasteiger partial charge is 0.250 e. The average Bonchev–Trinajstić information content (AvgIpc) is 3.31. The Morgan fingerprint density at radius 1 is 1.10 bits per heavy atom. The Balaban J connectivity index is 1.46. The molecule has 2 aromatic heterocycles. The van der Waals surface area contributed by atoms with E-state index >= 15 is 0 Å². The van der Waals surface area contributed by atoms with Gasteiger partial charge in [-0.2, -0.15) is 5.10 Å². The van der Waals surface area contributed by atoms with E-state index < -0.39 is 0 Å². The van der Waals surface area contributed by atoms with E-state index in [1.807, 2.05) is 66.3 Å². The number of aryl methyl sites for hydroxylation is 1. The third kappa shape index (κ3) is 4.57. The zero-order valence-corrected chi connectivity index (χ0v) is 16.8. The van der Waals surface area contributed by atoms with Crippen LogP contribution >= 0.6 is 11.8 Å². The molecule has 4 aromatic rings. The first kappa shape index (κ1) is 19.0. The largest absolute Gasteiger partial charge is 0.350 e. The van der Waals surface area contributed by atoms with E-state index in [4.69, 9.17) is 4.98 Å². The SMILES string of the molecule is Cn1cccc1/C=N\NC(=O)CSc1nc2ccccc2n1Cc1ccccc1. The lowest BCUT2D eigenvalue weighted by Crippen LogP contribution is -2.20. The molecule has 0 unspecified atom stereocenters. The van der Waals surface area contributed by atoms with Crippen molar-refractivity contribution in [2.45, 2.75) is 11.7 Å². The highest BCUT2D eigenvalue weighted by molar-refractivity contribution is 7.99. The van der Waals surface area contributed by atoms with E-state index in [1.54, 1.807) is 6.21 Å². The van der Waals surface area contributed by atoms with Crippen LogP contribution in [0.4, 0.5) is 0 Å². The second-order valence-electron chi connectivity index (χ2n) is 6.58. The van der Waals surface area contributed by atoms with Gasteiger partial charge in [-0.1, -0.05) is 54.2 Å². The summed E-state index contributed by atoms with van der Waals surface area (Å²) in [7, 11) is 1.93. The van der Waals surface area contributed by atoms with Crippen LogP contribution in [0.25, 0.3) is 11.0 Å². The molecule has 2 aromatic carbocycles. The summed E-state index contributed by atoms with van der Waals surface area (Å²) in [4.78, 5) is 16.9. The number of nitrogens with zero attached hydrogens (tertiary/aromatic N) is 4. The van der Waals surface area contributed by atoms with Crippen LogP contribution in [0.2, 0.25) is 0 Å². The van der Waals surface area contributed by atoms with E-state index in [1.165, 1.54) is 17.3 Å². The van der Waals surface area contributed by atoms with Crippen molar-refractivity contribution in [2.24, 2.45) is 12.1 Å². The number of amides is 1. The Morgan fingerprint density at radius 3 is 2.69 bits per heavy atom. The highest BCUT2D eigenvalue weighted by Crippen LogP contribution is 2.25. The number of nitrogens with one attached hydrogen (secondary N) is 1. The van der Waals surface area contributed by atoms with Gasteiger partial charge in [0.2, 0.25) is 0 Å². The second-order valence-corrected chi connectivity index (χ2v) is 7.52. The number of thioether (sulfide) groups is 1. The number of benzene rings is 2. The number of aromatic nitrogens is 3. The maximum Gasteiger partial charge on any atom is 0.250 e. The van der Waals surface area contributed by atoms with Crippen LogP contribution in [0, 0.1) is 0 Å². The van der Waals surface area contributed by atoms with Gasteiger partial charge in [0.05, 0.1) is 35.2 Å². The molecule has 1 amide bonds. The molecule has 0 saturated heterocycles. The molecule has 0 radical (unpaired) electrons. The lowest BCUT2D eigenvalue weighted by molar-refractivity contribution is -0.118. The predicted octanol–water partition coefficient (Wildman–Crippen LogP) is 3.67. The van der Waals surface area contributed by atoms with Gasteiger partial charge >= 0.3 is 0 Å². The minimum absolute atomic E-state index is 0.168. The Bertz CT molecular complexity index is 1150. The molecule has 0 aliphatic carbocycles. The fraction of sp³-hybridized carbons (Fsp3) is 0.136. The molecule has 0 spiro atoms. The van der Waals surface area contributed by atoms with Gasteiger partial charge in [-0.3, -0.25) is 4.79 Å². The van der Waals surface area contributed by atoms with E-state index in [9.17, 15) is 4.79 Å². The van der Waals surface area contributed by atoms with Gasteiger partial charge in [0.1, 0.15) is 0 Å². The summed E-state index contributed by atoms with van der Waals surface area (Å²) in [6.45, 7) is 0.705. The van der Waals surface area contributed by atoms with Crippen LogP contribution in [0.3, 0.4) is 0 Å². The van der Waals surface area contributed by atoms with Gasteiger partial charge < -0.3 is 9.13 Å². The summed E-state index contributed by atoms with van der Waals surface area (Å²) in [6, 6.07) is 22.1. The summed E-state index contributed by atoms with van der Waals surface area (Å²) < 4.78 is 4.08. The number of imidazole rings is 1. The highest BCUT2D eigenvalue weighted by atomic mass is 32.2. The molecule has 0 saturated carbocycles. The molecule has 146 valence electrons. The first-order chi connectivity index (χ1) is 14.2. The third-order valence-electron chi connectivity index (χ3n) is 4.51. The summed E-state index contributed by atoms with van der Waals surface area (Å²) in [5.74, 6) is 0.0709. The van der Waals surface area contributed by atoms with Gasteiger partial charge in [-0.25, -0.2) is 10.4 Å². The summed E-state index contributed by atoms with van der Waals surface area (Å²) >= 11 is 1.41. The predicted molar refractivity (Wildman–Crippen MR) is 117 cm³/mol. The molecule has 0 fully saturated rings. The molecule has 0 aliphatic heterocycles. The highest BCUT2D eigenvalue weighted by Gasteiger charge is 2.13. The molecule has 4 rings (SSSR count). The molecule has 0 bridgehead atoms. The summed E-state index contributed by atoms with van der Waals surface area (Å²) in [5, 5.41) is 4.85. The first-order valence-electron chi connectivity index (χ1n) is 9.26. The average molecular weight is 404 g/mol. The van der Waals surface area contributed by atoms with Crippen molar-refractivity contribution >= 4 is 34.9 Å². The number of hydrogen-bond acceptors (Lipinski definition) is 4. The minimum atomic E-state index is -0.168. The van der Waals surface area contributed by atoms with Gasteiger partial charge in [-0.15, -0.1) is 0 Å². The van der Waals surface area contributed by atoms with Crippen molar-refractivity contribution in [3.63, 3.8) is 0 Å². The van der Waals surface area contributed by atoms with Crippen molar-refractivity contribution < 1.29 is 4.79 Å². The van der Waals surface area contributed by atoms with Crippen molar-refractivity contribution in [1.29, 1.82) is 0 Å². The van der Waals surface area contributed by atoms with Crippen molar-refractivity contribution in [2.75, 3.05) is 5.75 Å². The van der Waals surface area contributed by atoms with Crippen molar-refractivity contribution in [3.8, 4) is 0 Å². The van der Waals surface area contributed by atoms with Crippen molar-refractivity contribution in [3.05, 3.63) is 84.2 Å². The molecule has 29 heavy (non-hydrogen) atoms. The maximum atomic E-state index is 12.2. The number of fused-ring (bicyclic) bond motifs is 1. The Morgan fingerprint density at radius 2 is 1.90 bits per heavy atom. The van der Waals surface area contributed by atoms with Crippen LogP contribution in [-0.2, 0) is 18.4 Å². The molecule has 1 N–H and O–H groups in total. The lowest BCUT2D eigenvalue weighted by atomic mass is 10.2. The van der Waals surface area contributed by atoms with Crippen LogP contribution < -0.4 is 5.43 Å². The van der Waals surface area contributed by atoms with E-state index in [0.29, 0.717) is 6.54 Å². The summed E-state index contributed by atoms with van der Waals surface area (Å²) in [5.41, 5.74) is 6.67. The number of carbonyl (C=O) groups is 1. The Kier molecular flexibility index (Phi) is 5.76. The maximum absolute atomic E-state index is 12.2. The Labute approximate surface area is 173 Å². The molecule has 2 heterocycles. The van der Waals surface area contributed by atoms with Crippen LogP contribution in [0.1, 0.15) is 11.3 Å². The monoisotopic (exact) mass is 403 g/mol. The quantitative estimate of drug-likeness (QED) is 0.291. The zero-order chi connectivity index (χ0) is 20.1. The standard InChI is InChI=1S/C22H21N5OS/c1-26-13-7-10-18(26)14-23-25-21(28)16-29-22-24-19-11-5-6-12-20(19)27(22)15-17-8-3-2-4-9-17/h2-14H,15-16H2,1H3,(H,25,28)/b23-14-. The Hall–Kier alpha value is -3.32. The first-order valence-corrected chi connectivity index (χ1v) is 10.2. The number of para-hydroxylation sites is 2. The fourth-order valence-corrected chi connectivity index (χ4v) is 3.83. The normalized spacial score (nSPS) is 11.3. The number of hydrazone groups is 1. The van der Waals surface area contributed by atoms with Crippen LogP contribution in [0.5, 0.6) is 0 Å². The third-order valence-corrected chi connectivity index (χ3v) is 5.48. The number of hydrogen-bond donors (Lipinski definition) is 1. The lowest BCUT2D eigenvalue weighted by Gasteiger charge is -2.09.